The van der Waals surface area contributed by atoms with Crippen molar-refractivity contribution in [3.8, 4) is 11.5 Å². The number of amides is 1. The Balaban J connectivity index is 1.82. The van der Waals surface area contributed by atoms with Gasteiger partial charge in [0.1, 0.15) is 13.2 Å². The third-order valence-corrected chi connectivity index (χ3v) is 3.78. The number of hydrogen-bond acceptors (Lipinski definition) is 4. The van der Waals surface area contributed by atoms with E-state index in [1.807, 2.05) is 23.1 Å². The number of fused-ring (bicyclic) bond motifs is 1. The second-order valence-electron chi connectivity index (χ2n) is 6.29. The molecule has 3 rings (SSSR count). The van der Waals surface area contributed by atoms with E-state index in [1.54, 1.807) is 24.5 Å². The molecule has 24 heavy (non-hydrogen) atoms. The molecule has 0 saturated heterocycles. The SMILES string of the molecule is CC(C)CN(Cc1ccncc1)C(=O)c1ccc2c(c1)OCCO2. The third-order valence-electron chi connectivity index (χ3n) is 3.78. The van der Waals surface area contributed by atoms with Gasteiger partial charge < -0.3 is 14.4 Å². The van der Waals surface area contributed by atoms with Gasteiger partial charge in [0.25, 0.3) is 5.91 Å². The smallest absolute Gasteiger partial charge is 0.254 e. The van der Waals surface area contributed by atoms with Gasteiger partial charge in [-0.1, -0.05) is 13.8 Å². The van der Waals surface area contributed by atoms with Crippen LogP contribution in [0.25, 0.3) is 0 Å². The zero-order valence-corrected chi connectivity index (χ0v) is 14.1. The lowest BCUT2D eigenvalue weighted by molar-refractivity contribution is 0.0721. The summed E-state index contributed by atoms with van der Waals surface area (Å²) >= 11 is 0. The van der Waals surface area contributed by atoms with E-state index in [2.05, 4.69) is 18.8 Å². The minimum atomic E-state index is -0.00233. The van der Waals surface area contributed by atoms with Crippen LogP contribution in [-0.2, 0) is 6.54 Å². The van der Waals surface area contributed by atoms with Crippen molar-refractivity contribution in [3.63, 3.8) is 0 Å². The number of pyridine rings is 1. The van der Waals surface area contributed by atoms with Gasteiger partial charge in [-0.3, -0.25) is 9.78 Å². The summed E-state index contributed by atoms with van der Waals surface area (Å²) in [5, 5.41) is 0. The first-order chi connectivity index (χ1) is 11.6. The minimum Gasteiger partial charge on any atom is -0.486 e. The van der Waals surface area contributed by atoms with Gasteiger partial charge >= 0.3 is 0 Å². The quantitative estimate of drug-likeness (QED) is 0.847. The highest BCUT2D eigenvalue weighted by atomic mass is 16.6. The summed E-state index contributed by atoms with van der Waals surface area (Å²) in [5.41, 5.74) is 1.69. The summed E-state index contributed by atoms with van der Waals surface area (Å²) in [6, 6.07) is 9.25. The van der Waals surface area contributed by atoms with Gasteiger partial charge in [0.05, 0.1) is 0 Å². The molecule has 126 valence electrons. The van der Waals surface area contributed by atoms with Crippen LogP contribution in [0, 0.1) is 5.92 Å². The van der Waals surface area contributed by atoms with E-state index in [0.717, 1.165) is 5.56 Å². The van der Waals surface area contributed by atoms with Crippen molar-refractivity contribution in [2.45, 2.75) is 20.4 Å². The Morgan fingerprint density at radius 3 is 2.54 bits per heavy atom. The van der Waals surface area contributed by atoms with Gasteiger partial charge in [-0.2, -0.15) is 0 Å². The number of nitrogens with zero attached hydrogens (tertiary/aromatic N) is 2. The Bertz CT molecular complexity index is 701. The van der Waals surface area contributed by atoms with Gasteiger partial charge in [0, 0.05) is 31.0 Å². The van der Waals surface area contributed by atoms with Crippen LogP contribution in [0.3, 0.4) is 0 Å². The van der Waals surface area contributed by atoms with Crippen LogP contribution in [0.1, 0.15) is 29.8 Å². The predicted octanol–water partition coefficient (Wildman–Crippen LogP) is 3.15. The maximum Gasteiger partial charge on any atom is 0.254 e. The lowest BCUT2D eigenvalue weighted by atomic mass is 10.1. The van der Waals surface area contributed by atoms with Gasteiger partial charge in [-0.05, 0) is 41.8 Å². The van der Waals surface area contributed by atoms with Crippen LogP contribution in [0.2, 0.25) is 0 Å². The second-order valence-corrected chi connectivity index (χ2v) is 6.29. The monoisotopic (exact) mass is 326 g/mol. The predicted molar refractivity (Wildman–Crippen MR) is 91.2 cm³/mol. The molecular weight excluding hydrogens is 304 g/mol. The molecule has 1 amide bonds. The number of aromatic nitrogens is 1. The molecule has 0 saturated carbocycles. The highest BCUT2D eigenvalue weighted by molar-refractivity contribution is 5.95. The molecule has 0 atom stereocenters. The number of benzene rings is 1. The largest absolute Gasteiger partial charge is 0.486 e. The van der Waals surface area contributed by atoms with E-state index in [9.17, 15) is 4.79 Å². The maximum atomic E-state index is 13.0. The fourth-order valence-electron chi connectivity index (χ4n) is 2.73. The van der Waals surface area contributed by atoms with Crippen LogP contribution < -0.4 is 9.47 Å². The van der Waals surface area contributed by atoms with Crippen molar-refractivity contribution in [3.05, 3.63) is 53.9 Å². The number of hydrogen-bond donors (Lipinski definition) is 0. The Hall–Kier alpha value is -2.56. The van der Waals surface area contributed by atoms with E-state index >= 15 is 0 Å². The summed E-state index contributed by atoms with van der Waals surface area (Å²) in [5.74, 6) is 1.72. The summed E-state index contributed by atoms with van der Waals surface area (Å²) in [6.07, 6.45) is 3.49. The summed E-state index contributed by atoms with van der Waals surface area (Å²) in [7, 11) is 0. The van der Waals surface area contributed by atoms with Crippen molar-refractivity contribution in [1.29, 1.82) is 0 Å². The van der Waals surface area contributed by atoms with E-state index < -0.39 is 0 Å². The van der Waals surface area contributed by atoms with Crippen LogP contribution in [0.15, 0.2) is 42.7 Å². The van der Waals surface area contributed by atoms with Crippen molar-refractivity contribution in [2.24, 2.45) is 5.92 Å². The molecule has 1 aromatic carbocycles. The molecule has 0 radical (unpaired) electrons. The molecule has 1 aliphatic rings. The topological polar surface area (TPSA) is 51.7 Å². The number of carbonyl (C=O) groups excluding carboxylic acids is 1. The highest BCUT2D eigenvalue weighted by Gasteiger charge is 2.20. The molecular formula is C19H22N2O3. The third kappa shape index (κ3) is 3.85. The van der Waals surface area contributed by atoms with Crippen LogP contribution in [0.4, 0.5) is 0 Å². The standard InChI is InChI=1S/C19H22N2O3/c1-14(2)12-21(13-15-5-7-20-8-6-15)19(22)16-3-4-17-18(11-16)24-10-9-23-17/h3-8,11,14H,9-10,12-13H2,1-2H3. The summed E-state index contributed by atoms with van der Waals surface area (Å²) < 4.78 is 11.1. The van der Waals surface area contributed by atoms with Crippen molar-refractivity contribution in [1.82, 2.24) is 9.88 Å². The lowest BCUT2D eigenvalue weighted by Crippen LogP contribution is -2.33. The number of rotatable bonds is 5. The molecule has 0 fully saturated rings. The first-order valence-electron chi connectivity index (χ1n) is 8.21. The Morgan fingerprint density at radius 1 is 1.12 bits per heavy atom. The fraction of sp³-hybridized carbons (Fsp3) is 0.368. The maximum absolute atomic E-state index is 13.0. The molecule has 0 N–H and O–H groups in total. The molecule has 1 aliphatic heterocycles. The molecule has 2 heterocycles. The van der Waals surface area contributed by atoms with Gasteiger partial charge in [-0.15, -0.1) is 0 Å². The lowest BCUT2D eigenvalue weighted by Gasteiger charge is -2.26. The Morgan fingerprint density at radius 2 is 1.83 bits per heavy atom. The molecule has 5 nitrogen and oxygen atoms in total. The van der Waals surface area contributed by atoms with Crippen LogP contribution in [0.5, 0.6) is 11.5 Å². The number of carbonyl (C=O) groups is 1. The van der Waals surface area contributed by atoms with Crippen LogP contribution in [-0.4, -0.2) is 35.5 Å². The first kappa shape index (κ1) is 16.3. The van der Waals surface area contributed by atoms with E-state index in [1.165, 1.54) is 0 Å². The molecule has 5 heteroatoms. The Kier molecular flexibility index (Phi) is 4.99. The molecule has 0 unspecified atom stereocenters. The zero-order chi connectivity index (χ0) is 16.9. The fourth-order valence-corrected chi connectivity index (χ4v) is 2.73. The van der Waals surface area contributed by atoms with Crippen LogP contribution >= 0.6 is 0 Å². The first-order valence-corrected chi connectivity index (χ1v) is 8.21. The molecule has 0 aliphatic carbocycles. The molecule has 0 spiro atoms. The van der Waals surface area contributed by atoms with E-state index in [-0.39, 0.29) is 5.91 Å². The summed E-state index contributed by atoms with van der Waals surface area (Å²) in [6.45, 7) is 6.52. The number of ether oxygens (including phenoxy) is 2. The van der Waals surface area contributed by atoms with Gasteiger partial charge in [0.15, 0.2) is 11.5 Å². The molecule has 1 aromatic heterocycles. The average Bonchev–Trinajstić information content (AvgIpc) is 2.60. The van der Waals surface area contributed by atoms with Gasteiger partial charge in [-0.25, -0.2) is 0 Å². The summed E-state index contributed by atoms with van der Waals surface area (Å²) in [4.78, 5) is 18.9. The Labute approximate surface area is 142 Å². The normalized spacial score (nSPS) is 13.0. The molecule has 2 aromatic rings. The van der Waals surface area contributed by atoms with E-state index in [0.29, 0.717) is 49.3 Å². The zero-order valence-electron chi connectivity index (χ0n) is 14.1. The van der Waals surface area contributed by atoms with Crippen molar-refractivity contribution in [2.75, 3.05) is 19.8 Å². The van der Waals surface area contributed by atoms with E-state index in [4.69, 9.17) is 9.47 Å². The van der Waals surface area contributed by atoms with Crippen molar-refractivity contribution >= 4 is 5.91 Å². The molecule has 0 bridgehead atoms. The van der Waals surface area contributed by atoms with Crippen molar-refractivity contribution < 1.29 is 14.3 Å². The van der Waals surface area contributed by atoms with Gasteiger partial charge in [0.2, 0.25) is 0 Å². The highest BCUT2D eigenvalue weighted by Crippen LogP contribution is 2.31. The average molecular weight is 326 g/mol. The minimum absolute atomic E-state index is 0.00233. The second kappa shape index (κ2) is 7.34.